The maximum absolute atomic E-state index is 9.94. The number of hydrogen-bond acceptors (Lipinski definition) is 6. The summed E-state index contributed by atoms with van der Waals surface area (Å²) in [7, 11) is 0. The third-order valence-corrected chi connectivity index (χ3v) is 3.36. The summed E-state index contributed by atoms with van der Waals surface area (Å²) < 4.78 is 10.6. The van der Waals surface area contributed by atoms with E-state index in [1.807, 2.05) is 13.0 Å². The summed E-state index contributed by atoms with van der Waals surface area (Å²) in [5.41, 5.74) is 1.87. The van der Waals surface area contributed by atoms with Crippen molar-refractivity contribution in [2.45, 2.75) is 25.4 Å². The van der Waals surface area contributed by atoms with Gasteiger partial charge in [-0.2, -0.15) is 4.98 Å². The number of aliphatic hydroxyl groups excluding tert-OH is 1. The predicted molar refractivity (Wildman–Crippen MR) is 66.4 cm³/mol. The molecule has 0 bridgehead atoms. The van der Waals surface area contributed by atoms with Gasteiger partial charge in [-0.05, 0) is 25.0 Å². The Kier molecular flexibility index (Phi) is 3.27. The molecule has 1 saturated heterocycles. The van der Waals surface area contributed by atoms with E-state index in [9.17, 15) is 5.11 Å². The summed E-state index contributed by atoms with van der Waals surface area (Å²) in [4.78, 5) is 8.42. The molecule has 2 aromatic heterocycles. The quantitative estimate of drug-likeness (QED) is 0.877. The van der Waals surface area contributed by atoms with Gasteiger partial charge in [0, 0.05) is 24.6 Å². The van der Waals surface area contributed by atoms with E-state index in [0.717, 1.165) is 11.1 Å². The van der Waals surface area contributed by atoms with E-state index in [4.69, 9.17) is 9.26 Å². The van der Waals surface area contributed by atoms with Crippen LogP contribution < -0.4 is 0 Å². The fourth-order valence-electron chi connectivity index (χ4n) is 2.16. The zero-order valence-corrected chi connectivity index (χ0v) is 10.6. The summed E-state index contributed by atoms with van der Waals surface area (Å²) in [6.45, 7) is 2.95. The van der Waals surface area contributed by atoms with Gasteiger partial charge in [-0.15, -0.1) is 0 Å². The van der Waals surface area contributed by atoms with Crippen LogP contribution in [0.1, 0.15) is 23.8 Å². The molecular weight excluding hydrogens is 246 g/mol. The van der Waals surface area contributed by atoms with Crippen LogP contribution in [0.4, 0.5) is 0 Å². The van der Waals surface area contributed by atoms with Crippen molar-refractivity contribution >= 4 is 0 Å². The SMILES string of the molecule is Cc1ccncc1-c1noc(C2COCCC2O)n1. The highest BCUT2D eigenvalue weighted by Gasteiger charge is 2.30. The molecule has 100 valence electrons. The first kappa shape index (κ1) is 12.3. The van der Waals surface area contributed by atoms with Crippen LogP contribution in [0, 0.1) is 6.92 Å². The van der Waals surface area contributed by atoms with Crippen LogP contribution in [-0.2, 0) is 4.74 Å². The molecule has 0 amide bonds. The minimum atomic E-state index is -0.489. The average Bonchev–Trinajstić information content (AvgIpc) is 2.89. The molecule has 0 aromatic carbocycles. The van der Waals surface area contributed by atoms with Crippen LogP contribution in [0.5, 0.6) is 0 Å². The lowest BCUT2D eigenvalue weighted by molar-refractivity contribution is -0.0149. The van der Waals surface area contributed by atoms with E-state index >= 15 is 0 Å². The van der Waals surface area contributed by atoms with E-state index in [-0.39, 0.29) is 5.92 Å². The third-order valence-electron chi connectivity index (χ3n) is 3.36. The maximum atomic E-state index is 9.94. The second kappa shape index (κ2) is 5.07. The molecule has 0 aliphatic carbocycles. The van der Waals surface area contributed by atoms with Gasteiger partial charge >= 0.3 is 0 Å². The molecule has 2 aromatic rings. The number of pyridine rings is 1. The molecule has 0 spiro atoms. The van der Waals surface area contributed by atoms with E-state index in [1.54, 1.807) is 12.4 Å². The minimum Gasteiger partial charge on any atom is -0.392 e. The molecule has 1 fully saturated rings. The van der Waals surface area contributed by atoms with E-state index < -0.39 is 6.10 Å². The lowest BCUT2D eigenvalue weighted by atomic mass is 9.99. The van der Waals surface area contributed by atoms with E-state index in [0.29, 0.717) is 31.3 Å². The first-order valence-corrected chi connectivity index (χ1v) is 6.26. The van der Waals surface area contributed by atoms with E-state index in [1.165, 1.54) is 0 Å². The van der Waals surface area contributed by atoms with Crippen molar-refractivity contribution in [2.24, 2.45) is 0 Å². The van der Waals surface area contributed by atoms with Crippen LogP contribution in [0.2, 0.25) is 0 Å². The van der Waals surface area contributed by atoms with Gasteiger partial charge < -0.3 is 14.4 Å². The molecule has 6 heteroatoms. The zero-order valence-electron chi connectivity index (χ0n) is 10.6. The first-order valence-electron chi connectivity index (χ1n) is 6.26. The van der Waals surface area contributed by atoms with Crippen molar-refractivity contribution in [2.75, 3.05) is 13.2 Å². The topological polar surface area (TPSA) is 81.3 Å². The summed E-state index contributed by atoms with van der Waals surface area (Å²) in [5.74, 6) is 0.677. The lowest BCUT2D eigenvalue weighted by Crippen LogP contribution is -2.30. The van der Waals surface area contributed by atoms with Crippen molar-refractivity contribution in [1.29, 1.82) is 0 Å². The molecular formula is C13H15N3O3. The second-order valence-electron chi connectivity index (χ2n) is 4.68. The molecule has 6 nitrogen and oxygen atoms in total. The monoisotopic (exact) mass is 261 g/mol. The molecule has 1 aliphatic heterocycles. The van der Waals surface area contributed by atoms with Gasteiger partial charge in [0.25, 0.3) is 0 Å². The first-order chi connectivity index (χ1) is 9.25. The Bertz CT molecular complexity index is 570. The smallest absolute Gasteiger partial charge is 0.235 e. The highest BCUT2D eigenvalue weighted by atomic mass is 16.5. The van der Waals surface area contributed by atoms with Gasteiger partial charge in [-0.3, -0.25) is 4.98 Å². The fourth-order valence-corrected chi connectivity index (χ4v) is 2.16. The Labute approximate surface area is 110 Å². The minimum absolute atomic E-state index is 0.244. The number of aryl methyl sites for hydroxylation is 1. The Morgan fingerprint density at radius 3 is 3.11 bits per heavy atom. The number of rotatable bonds is 2. The molecule has 1 N–H and O–H groups in total. The average molecular weight is 261 g/mol. The molecule has 2 unspecified atom stereocenters. The van der Waals surface area contributed by atoms with Gasteiger partial charge in [0.1, 0.15) is 0 Å². The summed E-state index contributed by atoms with van der Waals surface area (Å²) >= 11 is 0. The molecule has 3 heterocycles. The highest BCUT2D eigenvalue weighted by molar-refractivity contribution is 5.57. The maximum Gasteiger partial charge on any atom is 0.235 e. The van der Waals surface area contributed by atoms with Crippen LogP contribution in [0.15, 0.2) is 23.0 Å². The molecule has 1 aliphatic rings. The van der Waals surface area contributed by atoms with Crippen LogP contribution in [-0.4, -0.2) is 39.5 Å². The number of aromatic nitrogens is 3. The standard InChI is InChI=1S/C13H15N3O3/c1-8-2-4-14-6-9(8)12-15-13(19-16-12)10-7-18-5-3-11(10)17/h2,4,6,10-11,17H,3,5,7H2,1H3. The zero-order chi connectivity index (χ0) is 13.2. The molecule has 3 rings (SSSR count). The Morgan fingerprint density at radius 2 is 2.32 bits per heavy atom. The predicted octanol–water partition coefficient (Wildman–Crippen LogP) is 1.30. The van der Waals surface area contributed by atoms with Gasteiger partial charge in [-0.25, -0.2) is 0 Å². The Hall–Kier alpha value is -1.79. The Balaban J connectivity index is 1.89. The largest absolute Gasteiger partial charge is 0.392 e. The van der Waals surface area contributed by atoms with Gasteiger partial charge in [0.2, 0.25) is 11.7 Å². The van der Waals surface area contributed by atoms with Gasteiger partial charge in [0.05, 0.1) is 18.6 Å². The Morgan fingerprint density at radius 1 is 1.42 bits per heavy atom. The normalized spacial score (nSPS) is 23.5. The number of nitrogens with zero attached hydrogens (tertiary/aromatic N) is 3. The van der Waals surface area contributed by atoms with Crippen molar-refractivity contribution in [3.05, 3.63) is 29.9 Å². The number of aliphatic hydroxyl groups is 1. The van der Waals surface area contributed by atoms with Crippen molar-refractivity contribution in [3.63, 3.8) is 0 Å². The fraction of sp³-hybridized carbons (Fsp3) is 0.462. The number of hydrogen-bond donors (Lipinski definition) is 1. The molecule has 0 radical (unpaired) electrons. The summed E-state index contributed by atoms with van der Waals surface area (Å²) in [6, 6.07) is 1.89. The number of ether oxygens (including phenoxy) is 1. The summed E-state index contributed by atoms with van der Waals surface area (Å²) in [5, 5.41) is 13.9. The van der Waals surface area contributed by atoms with Crippen LogP contribution >= 0.6 is 0 Å². The van der Waals surface area contributed by atoms with Crippen molar-refractivity contribution < 1.29 is 14.4 Å². The molecule has 19 heavy (non-hydrogen) atoms. The molecule has 0 saturated carbocycles. The van der Waals surface area contributed by atoms with Crippen molar-refractivity contribution in [1.82, 2.24) is 15.1 Å². The summed E-state index contributed by atoms with van der Waals surface area (Å²) in [6.07, 6.45) is 3.53. The third kappa shape index (κ3) is 2.36. The highest BCUT2D eigenvalue weighted by Crippen LogP contribution is 2.27. The van der Waals surface area contributed by atoms with Gasteiger partial charge in [-0.1, -0.05) is 5.16 Å². The van der Waals surface area contributed by atoms with Gasteiger partial charge in [0.15, 0.2) is 0 Å². The van der Waals surface area contributed by atoms with Crippen LogP contribution in [0.3, 0.4) is 0 Å². The lowest BCUT2D eigenvalue weighted by Gasteiger charge is -2.24. The second-order valence-corrected chi connectivity index (χ2v) is 4.68. The van der Waals surface area contributed by atoms with Crippen molar-refractivity contribution in [3.8, 4) is 11.4 Å². The van der Waals surface area contributed by atoms with Crippen LogP contribution in [0.25, 0.3) is 11.4 Å². The van der Waals surface area contributed by atoms with E-state index in [2.05, 4.69) is 15.1 Å². The molecule has 2 atom stereocenters.